The molecule has 3 heterocycles. The molecule has 2 aromatic heterocycles. The van der Waals surface area contributed by atoms with Crippen molar-refractivity contribution in [1.82, 2.24) is 29.4 Å². The normalized spacial score (nSPS) is 21.4. The molecule has 0 radical (unpaired) electrons. The van der Waals surface area contributed by atoms with Crippen LogP contribution in [0.1, 0.15) is 72.1 Å². The second kappa shape index (κ2) is 7.62. The van der Waals surface area contributed by atoms with Crippen LogP contribution >= 0.6 is 0 Å². The lowest BCUT2D eigenvalue weighted by molar-refractivity contribution is 0.0628. The highest BCUT2D eigenvalue weighted by Gasteiger charge is 2.32. The van der Waals surface area contributed by atoms with E-state index in [0.29, 0.717) is 30.6 Å². The summed E-state index contributed by atoms with van der Waals surface area (Å²) in [5, 5.41) is 8.32. The summed E-state index contributed by atoms with van der Waals surface area (Å²) < 4.78 is 3.59. The van der Waals surface area contributed by atoms with Crippen molar-refractivity contribution >= 4 is 11.7 Å². The van der Waals surface area contributed by atoms with E-state index in [4.69, 9.17) is 0 Å². The van der Waals surface area contributed by atoms with E-state index >= 15 is 0 Å². The maximum absolute atomic E-state index is 12.9. The number of ketones is 1. The van der Waals surface area contributed by atoms with Crippen molar-refractivity contribution in [2.75, 3.05) is 13.1 Å². The number of hydrogen-bond acceptors (Lipinski definition) is 5. The molecule has 144 valence electrons. The molecule has 0 N–H and O–H groups in total. The van der Waals surface area contributed by atoms with Crippen LogP contribution in [0.25, 0.3) is 0 Å². The van der Waals surface area contributed by atoms with Gasteiger partial charge in [-0.1, -0.05) is 24.5 Å². The zero-order chi connectivity index (χ0) is 18.8. The van der Waals surface area contributed by atoms with Crippen LogP contribution in [0.5, 0.6) is 0 Å². The van der Waals surface area contributed by atoms with Gasteiger partial charge in [0.05, 0.1) is 12.2 Å². The number of Topliss-reactive ketones (excluding diaryl/α,β-unsaturated/α-hetero) is 1. The molecule has 27 heavy (non-hydrogen) atoms. The zero-order valence-corrected chi connectivity index (χ0v) is 15.8. The van der Waals surface area contributed by atoms with Gasteiger partial charge in [-0.2, -0.15) is 0 Å². The first-order valence-corrected chi connectivity index (χ1v) is 9.86. The van der Waals surface area contributed by atoms with Gasteiger partial charge in [-0.05, 0) is 25.7 Å². The van der Waals surface area contributed by atoms with Crippen molar-refractivity contribution in [1.29, 1.82) is 0 Å². The van der Waals surface area contributed by atoms with Crippen LogP contribution in [0, 0.1) is 5.92 Å². The lowest BCUT2D eigenvalue weighted by Crippen LogP contribution is -2.42. The average Bonchev–Trinajstić information content (AvgIpc) is 3.37. The molecule has 1 atom stereocenters. The van der Waals surface area contributed by atoms with Crippen LogP contribution in [0.2, 0.25) is 0 Å². The molecule has 1 saturated heterocycles. The molecule has 0 unspecified atom stereocenters. The maximum atomic E-state index is 12.9. The largest absolute Gasteiger partial charge is 0.336 e. The molecule has 8 heteroatoms. The number of piperidine rings is 1. The number of rotatable bonds is 4. The second-order valence-electron chi connectivity index (χ2n) is 7.69. The van der Waals surface area contributed by atoms with Crippen LogP contribution < -0.4 is 0 Å². The van der Waals surface area contributed by atoms with Crippen LogP contribution in [0.3, 0.4) is 0 Å². The summed E-state index contributed by atoms with van der Waals surface area (Å²) in [6.45, 7) is 1.07. The second-order valence-corrected chi connectivity index (χ2v) is 7.69. The van der Waals surface area contributed by atoms with E-state index in [9.17, 15) is 9.59 Å². The number of aryl methyl sites for hydroxylation is 1. The summed E-state index contributed by atoms with van der Waals surface area (Å²) in [6.07, 6.45) is 12.6. The smallest absolute Gasteiger partial charge is 0.276 e. The van der Waals surface area contributed by atoms with E-state index in [0.717, 1.165) is 25.7 Å². The van der Waals surface area contributed by atoms with Gasteiger partial charge in [0.15, 0.2) is 11.5 Å². The first kappa shape index (κ1) is 17.9. The minimum Gasteiger partial charge on any atom is -0.336 e. The molecule has 2 aliphatic rings. The minimum atomic E-state index is -0.211. The Kier molecular flexibility index (Phi) is 5.05. The monoisotopic (exact) mass is 370 g/mol. The predicted octanol–water partition coefficient (Wildman–Crippen LogP) is 2.25. The van der Waals surface area contributed by atoms with Gasteiger partial charge < -0.3 is 9.47 Å². The van der Waals surface area contributed by atoms with Gasteiger partial charge in [0.2, 0.25) is 5.78 Å². The van der Waals surface area contributed by atoms with Gasteiger partial charge >= 0.3 is 0 Å². The van der Waals surface area contributed by atoms with Crippen molar-refractivity contribution in [2.45, 2.75) is 51.0 Å². The molecular formula is C19H26N6O2. The quantitative estimate of drug-likeness (QED) is 0.771. The fourth-order valence-corrected chi connectivity index (χ4v) is 4.22. The number of amides is 1. The molecule has 2 aromatic rings. The molecule has 2 fully saturated rings. The van der Waals surface area contributed by atoms with Crippen molar-refractivity contribution in [2.24, 2.45) is 13.0 Å². The van der Waals surface area contributed by atoms with Crippen molar-refractivity contribution < 1.29 is 9.59 Å². The molecule has 0 spiro atoms. The zero-order valence-electron chi connectivity index (χ0n) is 15.8. The van der Waals surface area contributed by atoms with Gasteiger partial charge in [-0.3, -0.25) is 9.59 Å². The number of aromatic nitrogens is 5. The topological polar surface area (TPSA) is 85.9 Å². The summed E-state index contributed by atoms with van der Waals surface area (Å²) in [5.74, 6) is 0.120. The molecule has 8 nitrogen and oxygen atoms in total. The molecule has 1 saturated carbocycles. The molecule has 0 bridgehead atoms. The Balaban J connectivity index is 1.43. The van der Waals surface area contributed by atoms with E-state index in [1.165, 1.54) is 19.3 Å². The molecule has 0 aromatic carbocycles. The number of carbonyl (C=O) groups is 2. The molecule has 4 rings (SSSR count). The van der Waals surface area contributed by atoms with E-state index in [2.05, 4.69) is 15.3 Å². The van der Waals surface area contributed by atoms with Crippen molar-refractivity contribution in [3.63, 3.8) is 0 Å². The fraction of sp³-hybridized carbons (Fsp3) is 0.632. The maximum Gasteiger partial charge on any atom is 0.276 e. The van der Waals surface area contributed by atoms with Crippen molar-refractivity contribution in [3.05, 3.63) is 30.1 Å². The third kappa shape index (κ3) is 3.65. The summed E-state index contributed by atoms with van der Waals surface area (Å²) in [5.41, 5.74) is 0.380. The number of likely N-dealkylation sites (tertiary alicyclic amines) is 1. The fourth-order valence-electron chi connectivity index (χ4n) is 4.22. The average molecular weight is 370 g/mol. The summed E-state index contributed by atoms with van der Waals surface area (Å²) in [7, 11) is 1.82. The van der Waals surface area contributed by atoms with E-state index in [1.807, 2.05) is 11.7 Å². The van der Waals surface area contributed by atoms with Crippen LogP contribution in [0.4, 0.5) is 0 Å². The van der Waals surface area contributed by atoms with Crippen LogP contribution in [-0.2, 0) is 7.05 Å². The van der Waals surface area contributed by atoms with Gasteiger partial charge in [0, 0.05) is 38.4 Å². The van der Waals surface area contributed by atoms with Gasteiger partial charge in [0.1, 0.15) is 0 Å². The number of imidazole rings is 1. The molecular weight excluding hydrogens is 344 g/mol. The Bertz CT molecular complexity index is 820. The predicted molar refractivity (Wildman–Crippen MR) is 98.3 cm³/mol. The lowest BCUT2D eigenvalue weighted by Gasteiger charge is -2.31. The van der Waals surface area contributed by atoms with Crippen molar-refractivity contribution in [3.8, 4) is 0 Å². The Morgan fingerprint density at radius 3 is 2.67 bits per heavy atom. The third-order valence-electron chi connectivity index (χ3n) is 5.80. The Labute approximate surface area is 158 Å². The molecule has 1 aliphatic carbocycles. The van der Waals surface area contributed by atoms with Crippen LogP contribution in [-0.4, -0.2) is 54.2 Å². The van der Waals surface area contributed by atoms with Gasteiger partial charge in [0.25, 0.3) is 5.91 Å². The van der Waals surface area contributed by atoms with E-state index in [-0.39, 0.29) is 17.6 Å². The van der Waals surface area contributed by atoms with Gasteiger partial charge in [-0.15, -0.1) is 5.10 Å². The summed E-state index contributed by atoms with van der Waals surface area (Å²) in [6, 6.07) is 0.354. The molecule has 1 aliphatic heterocycles. The first-order valence-electron chi connectivity index (χ1n) is 9.86. The highest BCUT2D eigenvalue weighted by Crippen LogP contribution is 2.27. The highest BCUT2D eigenvalue weighted by molar-refractivity contribution is 5.96. The summed E-state index contributed by atoms with van der Waals surface area (Å²) >= 11 is 0. The highest BCUT2D eigenvalue weighted by atomic mass is 16.2. The summed E-state index contributed by atoms with van der Waals surface area (Å²) in [4.78, 5) is 31.5. The SMILES string of the molecule is Cn1ccnc1C(=O)[C@H]1CCCN(C(=O)c2cn(C3CCCCC3)nn2)C1. The Morgan fingerprint density at radius 2 is 1.93 bits per heavy atom. The van der Waals surface area contributed by atoms with Crippen LogP contribution in [0.15, 0.2) is 18.6 Å². The minimum absolute atomic E-state index is 0.00543. The standard InChI is InChI=1S/C19H26N6O2/c1-23-11-9-20-18(23)17(26)14-6-5-10-24(12-14)19(27)16-13-25(22-21-16)15-7-3-2-4-8-15/h9,11,13-15H,2-8,10,12H2,1H3/t14-/m0/s1. The van der Waals surface area contributed by atoms with Gasteiger partial charge in [-0.25, -0.2) is 9.67 Å². The number of hydrogen-bond donors (Lipinski definition) is 0. The number of carbonyl (C=O) groups excluding carboxylic acids is 2. The number of nitrogens with zero attached hydrogens (tertiary/aromatic N) is 6. The lowest BCUT2D eigenvalue weighted by atomic mass is 9.93. The first-order chi connectivity index (χ1) is 13.1. The Morgan fingerprint density at radius 1 is 1.11 bits per heavy atom. The Hall–Kier alpha value is -2.51. The van der Waals surface area contributed by atoms with E-state index in [1.54, 1.807) is 28.1 Å². The molecule has 1 amide bonds. The van der Waals surface area contributed by atoms with E-state index < -0.39 is 0 Å². The third-order valence-corrected chi connectivity index (χ3v) is 5.80.